The Labute approximate surface area is 227 Å². The Morgan fingerprint density at radius 3 is 2.69 bits per heavy atom. The molecular weight excluding hydrogens is 498 g/mol. The number of H-pyrrole nitrogens is 1. The lowest BCUT2D eigenvalue weighted by atomic mass is 10.0. The van der Waals surface area contributed by atoms with Crippen LogP contribution in [0, 0.1) is 20.8 Å². The van der Waals surface area contributed by atoms with E-state index in [2.05, 4.69) is 20.4 Å². The molecular formula is C28H35N7O4. The molecule has 11 heteroatoms. The number of pyridine rings is 1. The minimum absolute atomic E-state index is 0.0999. The first-order valence-corrected chi connectivity index (χ1v) is 13.1. The van der Waals surface area contributed by atoms with Crippen LogP contribution in [0.15, 0.2) is 29.0 Å². The van der Waals surface area contributed by atoms with E-state index in [9.17, 15) is 4.79 Å². The fraction of sp³-hybridized carbons (Fsp3) is 0.464. The molecule has 1 aliphatic heterocycles. The Kier molecular flexibility index (Phi) is 7.02. The number of hydrogen-bond acceptors (Lipinski definition) is 9. The van der Waals surface area contributed by atoms with Gasteiger partial charge in [-0.2, -0.15) is 0 Å². The normalized spacial score (nSPS) is 18.0. The van der Waals surface area contributed by atoms with Gasteiger partial charge in [-0.1, -0.05) is 5.16 Å². The summed E-state index contributed by atoms with van der Waals surface area (Å²) in [6, 6.07) is 3.80. The van der Waals surface area contributed by atoms with Crippen LogP contribution in [0.5, 0.6) is 0 Å². The van der Waals surface area contributed by atoms with Crippen LogP contribution in [-0.4, -0.2) is 74.0 Å². The minimum Gasteiger partial charge on any atom is -0.444 e. The molecule has 4 aromatic heterocycles. The first-order valence-electron chi connectivity index (χ1n) is 13.1. The molecule has 4 aromatic rings. The van der Waals surface area contributed by atoms with E-state index in [0.29, 0.717) is 25.5 Å². The summed E-state index contributed by atoms with van der Waals surface area (Å²) >= 11 is 0. The zero-order valence-electron chi connectivity index (χ0n) is 23.5. The van der Waals surface area contributed by atoms with E-state index in [1.807, 2.05) is 59.9 Å². The number of likely N-dealkylation sites (tertiary alicyclic amines) is 1. The van der Waals surface area contributed by atoms with Crippen LogP contribution in [0.25, 0.3) is 33.5 Å². The molecule has 0 spiro atoms. The monoisotopic (exact) mass is 533 g/mol. The summed E-state index contributed by atoms with van der Waals surface area (Å²) in [6.07, 6.45) is 3.95. The first kappa shape index (κ1) is 26.6. The van der Waals surface area contributed by atoms with E-state index in [1.54, 1.807) is 18.2 Å². The number of aryl methyl sites for hydroxylation is 3. The van der Waals surface area contributed by atoms with Gasteiger partial charge in [0.05, 0.1) is 34.8 Å². The standard InChI is InChI=1S/C28H35N7O4/c1-15-12-30-26(32-21-14-35(11-10-22(21)37-7)27(36)38-28(4,5)6)33-24(15)19-13-29-25-18(19)8-9-20(31-25)23-16(2)34-39-17(23)3/h8-9,12-13,21-22H,10-11,14H2,1-7H3,(H,29,31)(H,30,32,33)/t21-,22-/m1/s1. The van der Waals surface area contributed by atoms with Crippen LogP contribution < -0.4 is 5.32 Å². The van der Waals surface area contributed by atoms with Crippen LogP contribution in [-0.2, 0) is 9.47 Å². The lowest BCUT2D eigenvalue weighted by Gasteiger charge is -2.38. The van der Waals surface area contributed by atoms with Crippen LogP contribution >= 0.6 is 0 Å². The zero-order chi connectivity index (χ0) is 27.9. The molecule has 0 saturated carbocycles. The van der Waals surface area contributed by atoms with E-state index in [0.717, 1.165) is 50.6 Å². The Morgan fingerprint density at radius 1 is 1.21 bits per heavy atom. The number of ether oxygens (including phenoxy) is 2. The van der Waals surface area contributed by atoms with Crippen molar-refractivity contribution in [1.82, 2.24) is 30.0 Å². The number of carbonyl (C=O) groups excluding carboxylic acids is 1. The number of methoxy groups -OCH3 is 1. The average Bonchev–Trinajstić information content (AvgIpc) is 3.46. The summed E-state index contributed by atoms with van der Waals surface area (Å²) in [5, 5.41) is 8.40. The van der Waals surface area contributed by atoms with Crippen LogP contribution in [0.1, 0.15) is 44.2 Å². The maximum atomic E-state index is 12.7. The summed E-state index contributed by atoms with van der Waals surface area (Å²) in [5.74, 6) is 1.19. The molecule has 5 heterocycles. The van der Waals surface area contributed by atoms with Crippen LogP contribution in [0.3, 0.4) is 0 Å². The molecule has 39 heavy (non-hydrogen) atoms. The lowest BCUT2D eigenvalue weighted by Crippen LogP contribution is -2.53. The molecule has 2 atom stereocenters. The van der Waals surface area contributed by atoms with Gasteiger partial charge in [0.2, 0.25) is 5.95 Å². The number of fused-ring (bicyclic) bond motifs is 1. The van der Waals surface area contributed by atoms with Gasteiger partial charge >= 0.3 is 6.09 Å². The Morgan fingerprint density at radius 2 is 2.00 bits per heavy atom. The average molecular weight is 534 g/mol. The molecule has 1 saturated heterocycles. The number of nitrogens with zero attached hydrogens (tertiary/aromatic N) is 5. The number of nitrogens with one attached hydrogen (secondary N) is 2. The predicted molar refractivity (Wildman–Crippen MR) is 147 cm³/mol. The van der Waals surface area contributed by atoms with Crippen molar-refractivity contribution in [3.05, 3.63) is 41.5 Å². The highest BCUT2D eigenvalue weighted by Gasteiger charge is 2.34. The SMILES string of the molecule is CO[C@@H]1CCN(C(=O)OC(C)(C)C)C[C@H]1Nc1ncc(C)c(-c2c[nH]c3nc(-c4c(C)noc4C)ccc23)n1. The predicted octanol–water partition coefficient (Wildman–Crippen LogP) is 5.04. The molecule has 1 fully saturated rings. The molecule has 1 amide bonds. The van der Waals surface area contributed by atoms with Crippen molar-refractivity contribution in [2.75, 3.05) is 25.5 Å². The first-order chi connectivity index (χ1) is 18.5. The van der Waals surface area contributed by atoms with Crippen molar-refractivity contribution in [2.45, 2.75) is 65.7 Å². The maximum Gasteiger partial charge on any atom is 0.410 e. The van der Waals surface area contributed by atoms with Gasteiger partial charge in [0.1, 0.15) is 17.0 Å². The number of rotatable bonds is 5. The van der Waals surface area contributed by atoms with Crippen LogP contribution in [0.2, 0.25) is 0 Å². The second-order valence-corrected chi connectivity index (χ2v) is 11.0. The number of hydrogen-bond donors (Lipinski definition) is 2. The van der Waals surface area contributed by atoms with Crippen molar-refractivity contribution in [3.63, 3.8) is 0 Å². The fourth-order valence-electron chi connectivity index (χ4n) is 4.98. The van der Waals surface area contributed by atoms with E-state index in [1.165, 1.54) is 0 Å². The van der Waals surface area contributed by atoms with Gasteiger partial charge in [0, 0.05) is 43.5 Å². The largest absolute Gasteiger partial charge is 0.444 e. The second kappa shape index (κ2) is 10.3. The smallest absolute Gasteiger partial charge is 0.410 e. The van der Waals surface area contributed by atoms with Crippen molar-refractivity contribution in [2.24, 2.45) is 0 Å². The summed E-state index contributed by atoms with van der Waals surface area (Å²) < 4.78 is 16.6. The summed E-state index contributed by atoms with van der Waals surface area (Å²) in [5.41, 5.74) is 5.33. The minimum atomic E-state index is -0.560. The van der Waals surface area contributed by atoms with Gasteiger partial charge in [0.15, 0.2) is 0 Å². The highest BCUT2D eigenvalue weighted by atomic mass is 16.6. The second-order valence-electron chi connectivity index (χ2n) is 11.0. The van der Waals surface area contributed by atoms with Gasteiger partial charge in [0.25, 0.3) is 0 Å². The third-order valence-electron chi connectivity index (χ3n) is 6.87. The van der Waals surface area contributed by atoms with Crippen molar-refractivity contribution in [3.8, 4) is 22.5 Å². The topological polar surface area (TPSA) is 131 Å². The Balaban J connectivity index is 1.41. The summed E-state index contributed by atoms with van der Waals surface area (Å²) in [6.45, 7) is 12.3. The molecule has 5 rings (SSSR count). The zero-order valence-corrected chi connectivity index (χ0v) is 23.5. The molecule has 11 nitrogen and oxygen atoms in total. The van der Waals surface area contributed by atoms with E-state index in [4.69, 9.17) is 24.0 Å². The van der Waals surface area contributed by atoms with Crippen molar-refractivity contribution < 1.29 is 18.8 Å². The lowest BCUT2D eigenvalue weighted by molar-refractivity contribution is -0.00290. The number of carbonyl (C=O) groups is 1. The summed E-state index contributed by atoms with van der Waals surface area (Å²) in [4.78, 5) is 31.9. The van der Waals surface area contributed by atoms with Crippen molar-refractivity contribution in [1.29, 1.82) is 0 Å². The van der Waals surface area contributed by atoms with Gasteiger partial charge in [-0.3, -0.25) is 0 Å². The number of piperidine rings is 1. The molecule has 0 radical (unpaired) electrons. The molecule has 206 valence electrons. The molecule has 0 aromatic carbocycles. The molecule has 0 bridgehead atoms. The van der Waals surface area contributed by atoms with E-state index in [-0.39, 0.29) is 18.2 Å². The maximum absolute atomic E-state index is 12.7. The highest BCUT2D eigenvalue weighted by molar-refractivity contribution is 5.94. The third kappa shape index (κ3) is 5.44. The quantitative estimate of drug-likeness (QED) is 0.362. The highest BCUT2D eigenvalue weighted by Crippen LogP contribution is 2.32. The Hall–Kier alpha value is -3.99. The number of amides is 1. The van der Waals surface area contributed by atoms with Gasteiger partial charge < -0.3 is 29.2 Å². The molecule has 0 unspecified atom stereocenters. The van der Waals surface area contributed by atoms with Crippen molar-refractivity contribution >= 4 is 23.1 Å². The summed E-state index contributed by atoms with van der Waals surface area (Å²) in [7, 11) is 1.68. The van der Waals surface area contributed by atoms with Gasteiger partial charge in [-0.15, -0.1) is 0 Å². The third-order valence-corrected chi connectivity index (χ3v) is 6.87. The number of aromatic amines is 1. The van der Waals surface area contributed by atoms with Crippen LogP contribution in [0.4, 0.5) is 10.7 Å². The van der Waals surface area contributed by atoms with E-state index >= 15 is 0 Å². The van der Waals surface area contributed by atoms with E-state index < -0.39 is 5.60 Å². The fourth-order valence-corrected chi connectivity index (χ4v) is 4.98. The Bertz CT molecular complexity index is 1480. The van der Waals surface area contributed by atoms with Gasteiger partial charge in [-0.05, 0) is 65.7 Å². The molecule has 1 aliphatic rings. The van der Waals surface area contributed by atoms with Gasteiger partial charge in [-0.25, -0.2) is 19.7 Å². The number of aromatic nitrogens is 5. The molecule has 2 N–H and O–H groups in total. The number of anilines is 1. The molecule has 0 aliphatic carbocycles.